The second kappa shape index (κ2) is 8.68. The van der Waals surface area contributed by atoms with Crippen molar-refractivity contribution < 1.29 is 14.3 Å². The molecule has 0 fully saturated rings. The van der Waals surface area contributed by atoms with Gasteiger partial charge in [-0.15, -0.1) is 11.3 Å². The predicted molar refractivity (Wildman–Crippen MR) is 107 cm³/mol. The quantitative estimate of drug-likeness (QED) is 0.652. The molecule has 6 heteroatoms. The van der Waals surface area contributed by atoms with Crippen LogP contribution in [0.2, 0.25) is 0 Å². The number of nitrogens with zero attached hydrogens (tertiary/aromatic N) is 1. The summed E-state index contributed by atoms with van der Waals surface area (Å²) < 4.78 is 11.3. The largest absolute Gasteiger partial charge is 0.493 e. The third-order valence-electron chi connectivity index (χ3n) is 4.14. The topological polar surface area (TPSA) is 60.5 Å². The molecule has 1 amide bonds. The molecule has 0 radical (unpaired) electrons. The first kappa shape index (κ1) is 18.9. The zero-order chi connectivity index (χ0) is 19.2. The van der Waals surface area contributed by atoms with E-state index >= 15 is 0 Å². The van der Waals surface area contributed by atoms with Crippen LogP contribution in [0.15, 0.2) is 54.9 Å². The number of pyridine rings is 1. The lowest BCUT2D eigenvalue weighted by atomic mass is 10.1. The highest BCUT2D eigenvalue weighted by Crippen LogP contribution is 2.31. The van der Waals surface area contributed by atoms with Gasteiger partial charge < -0.3 is 14.8 Å². The first-order valence-corrected chi connectivity index (χ1v) is 9.45. The van der Waals surface area contributed by atoms with E-state index in [-0.39, 0.29) is 11.9 Å². The molecule has 3 rings (SSSR count). The summed E-state index contributed by atoms with van der Waals surface area (Å²) in [6.07, 6.45) is 3.47. The highest BCUT2D eigenvalue weighted by Gasteiger charge is 2.15. The molecule has 1 aromatic carbocycles. The average Bonchev–Trinajstić information content (AvgIpc) is 3.13. The van der Waals surface area contributed by atoms with E-state index in [0.717, 1.165) is 16.0 Å². The molecule has 0 bridgehead atoms. The van der Waals surface area contributed by atoms with Gasteiger partial charge in [0.1, 0.15) is 6.61 Å². The fourth-order valence-electron chi connectivity index (χ4n) is 2.62. The molecule has 1 atom stereocenters. The number of ether oxygens (including phenoxy) is 2. The van der Waals surface area contributed by atoms with Gasteiger partial charge in [-0.2, -0.15) is 0 Å². The van der Waals surface area contributed by atoms with Crippen molar-refractivity contribution in [2.75, 3.05) is 7.11 Å². The summed E-state index contributed by atoms with van der Waals surface area (Å²) in [5.74, 6) is 1.22. The Labute approximate surface area is 163 Å². The number of aryl methyl sites for hydroxylation is 1. The fourth-order valence-corrected chi connectivity index (χ4v) is 3.39. The lowest BCUT2D eigenvalue weighted by Crippen LogP contribution is -2.25. The van der Waals surface area contributed by atoms with Gasteiger partial charge in [0.15, 0.2) is 11.5 Å². The number of amides is 1. The Bertz CT molecular complexity index is 909. The molecule has 5 nitrogen and oxygen atoms in total. The Morgan fingerprint density at radius 1 is 1.15 bits per heavy atom. The van der Waals surface area contributed by atoms with Crippen molar-refractivity contribution in [2.24, 2.45) is 0 Å². The molecular formula is C21H22N2O3S. The SMILES string of the molecule is COc1cc(C(C)NC(=O)c2ccc(C)s2)ccc1OCc1ccncc1. The third kappa shape index (κ3) is 4.86. The highest BCUT2D eigenvalue weighted by atomic mass is 32.1. The summed E-state index contributed by atoms with van der Waals surface area (Å²) in [6.45, 7) is 4.37. The highest BCUT2D eigenvalue weighted by molar-refractivity contribution is 7.13. The van der Waals surface area contributed by atoms with Crippen molar-refractivity contribution >= 4 is 17.2 Å². The molecule has 2 heterocycles. The Hall–Kier alpha value is -2.86. The van der Waals surface area contributed by atoms with Crippen LogP contribution in [0.1, 0.15) is 38.6 Å². The van der Waals surface area contributed by atoms with E-state index in [4.69, 9.17) is 9.47 Å². The van der Waals surface area contributed by atoms with Crippen LogP contribution in [-0.4, -0.2) is 18.0 Å². The summed E-state index contributed by atoms with van der Waals surface area (Å²) in [4.78, 5) is 18.2. The number of hydrogen-bond donors (Lipinski definition) is 1. The molecule has 27 heavy (non-hydrogen) atoms. The number of carbonyl (C=O) groups excluding carboxylic acids is 1. The second-order valence-corrected chi connectivity index (χ2v) is 7.45. The van der Waals surface area contributed by atoms with Gasteiger partial charge >= 0.3 is 0 Å². The molecule has 1 unspecified atom stereocenters. The van der Waals surface area contributed by atoms with Gasteiger partial charge in [-0.3, -0.25) is 9.78 Å². The predicted octanol–water partition coefficient (Wildman–Crippen LogP) is 4.53. The molecule has 1 N–H and O–H groups in total. The number of thiophene rings is 1. The van der Waals surface area contributed by atoms with Crippen molar-refractivity contribution in [3.8, 4) is 11.5 Å². The lowest BCUT2D eigenvalue weighted by molar-refractivity contribution is 0.0944. The summed E-state index contributed by atoms with van der Waals surface area (Å²) in [5, 5.41) is 3.02. The van der Waals surface area contributed by atoms with Gasteiger partial charge in [0.05, 0.1) is 18.0 Å². The minimum Gasteiger partial charge on any atom is -0.493 e. The molecule has 140 valence electrons. The zero-order valence-corrected chi connectivity index (χ0v) is 16.4. The van der Waals surface area contributed by atoms with Gasteiger partial charge in [-0.25, -0.2) is 0 Å². The molecule has 2 aromatic heterocycles. The Kier molecular flexibility index (Phi) is 6.08. The van der Waals surface area contributed by atoms with E-state index in [9.17, 15) is 4.79 Å². The van der Waals surface area contributed by atoms with Gasteiger partial charge in [-0.05, 0) is 61.4 Å². The normalized spacial score (nSPS) is 11.7. The standard InChI is InChI=1S/C21H22N2O3S/c1-14-4-7-20(27-14)21(24)23-15(2)17-5-6-18(19(12-17)25-3)26-13-16-8-10-22-11-9-16/h4-12,15H,13H2,1-3H3,(H,23,24). The number of aromatic nitrogens is 1. The minimum absolute atomic E-state index is 0.0717. The molecule has 0 spiro atoms. The van der Waals surface area contributed by atoms with Crippen LogP contribution in [-0.2, 0) is 6.61 Å². The molecule has 0 saturated carbocycles. The molecule has 0 aliphatic carbocycles. The first-order chi connectivity index (χ1) is 13.1. The Balaban J connectivity index is 1.68. The summed E-state index contributed by atoms with van der Waals surface area (Å²) >= 11 is 1.49. The van der Waals surface area contributed by atoms with Crippen LogP contribution in [0.25, 0.3) is 0 Å². The van der Waals surface area contributed by atoms with Crippen LogP contribution in [0.5, 0.6) is 11.5 Å². The van der Waals surface area contributed by atoms with E-state index < -0.39 is 0 Å². The fraction of sp³-hybridized carbons (Fsp3) is 0.238. The number of benzene rings is 1. The van der Waals surface area contributed by atoms with E-state index in [1.165, 1.54) is 11.3 Å². The molecule has 3 aromatic rings. The molecular weight excluding hydrogens is 360 g/mol. The monoisotopic (exact) mass is 382 g/mol. The Morgan fingerprint density at radius 2 is 1.93 bits per heavy atom. The second-order valence-electron chi connectivity index (χ2n) is 6.16. The maximum atomic E-state index is 12.4. The third-order valence-corrected chi connectivity index (χ3v) is 5.14. The van der Waals surface area contributed by atoms with Gasteiger partial charge in [0.25, 0.3) is 5.91 Å². The van der Waals surface area contributed by atoms with Crippen molar-refractivity contribution in [2.45, 2.75) is 26.5 Å². The molecule has 0 aliphatic heterocycles. The lowest BCUT2D eigenvalue weighted by Gasteiger charge is -2.17. The van der Waals surface area contributed by atoms with Gasteiger partial charge in [-0.1, -0.05) is 6.07 Å². The van der Waals surface area contributed by atoms with Gasteiger partial charge in [0, 0.05) is 17.3 Å². The molecule has 0 aliphatic rings. The number of methoxy groups -OCH3 is 1. The van der Waals surface area contributed by atoms with Crippen molar-refractivity contribution in [1.29, 1.82) is 0 Å². The maximum absolute atomic E-state index is 12.4. The van der Waals surface area contributed by atoms with Crippen LogP contribution in [0.3, 0.4) is 0 Å². The van der Waals surface area contributed by atoms with E-state index in [2.05, 4.69) is 10.3 Å². The summed E-state index contributed by atoms with van der Waals surface area (Å²) in [5.41, 5.74) is 1.98. The van der Waals surface area contributed by atoms with Crippen LogP contribution in [0, 0.1) is 6.92 Å². The number of carbonyl (C=O) groups is 1. The Morgan fingerprint density at radius 3 is 2.59 bits per heavy atom. The van der Waals surface area contributed by atoms with E-state index in [1.54, 1.807) is 19.5 Å². The number of nitrogens with one attached hydrogen (secondary N) is 1. The smallest absolute Gasteiger partial charge is 0.261 e. The average molecular weight is 382 g/mol. The number of rotatable bonds is 7. The molecule has 0 saturated heterocycles. The summed E-state index contributed by atoms with van der Waals surface area (Å²) in [6, 6.07) is 13.2. The zero-order valence-electron chi connectivity index (χ0n) is 15.6. The van der Waals surface area contributed by atoms with Crippen molar-refractivity contribution in [3.05, 3.63) is 75.7 Å². The van der Waals surface area contributed by atoms with Crippen molar-refractivity contribution in [1.82, 2.24) is 10.3 Å². The van der Waals surface area contributed by atoms with Crippen molar-refractivity contribution in [3.63, 3.8) is 0 Å². The maximum Gasteiger partial charge on any atom is 0.261 e. The number of hydrogen-bond acceptors (Lipinski definition) is 5. The first-order valence-electron chi connectivity index (χ1n) is 8.63. The van der Waals surface area contributed by atoms with Crippen LogP contribution < -0.4 is 14.8 Å². The van der Waals surface area contributed by atoms with E-state index in [1.807, 2.05) is 56.3 Å². The minimum atomic E-state index is -0.150. The van der Waals surface area contributed by atoms with Gasteiger partial charge in [0.2, 0.25) is 0 Å². The van der Waals surface area contributed by atoms with Crippen LogP contribution >= 0.6 is 11.3 Å². The van der Waals surface area contributed by atoms with Crippen LogP contribution in [0.4, 0.5) is 0 Å². The van der Waals surface area contributed by atoms with E-state index in [0.29, 0.717) is 23.0 Å². The summed E-state index contributed by atoms with van der Waals surface area (Å²) in [7, 11) is 1.61.